The van der Waals surface area contributed by atoms with Crippen molar-refractivity contribution in [1.82, 2.24) is 4.90 Å². The van der Waals surface area contributed by atoms with E-state index in [1.807, 2.05) is 25.7 Å². The Morgan fingerprint density at radius 3 is 2.57 bits per heavy atom. The summed E-state index contributed by atoms with van der Waals surface area (Å²) < 4.78 is 0. The number of rotatable bonds is 5. The minimum absolute atomic E-state index is 0.119. The number of carbonyl (C=O) groups is 2. The van der Waals surface area contributed by atoms with Crippen molar-refractivity contribution in [3.8, 4) is 0 Å². The second-order valence-electron chi connectivity index (χ2n) is 5.95. The Balaban J connectivity index is 2.13. The van der Waals surface area contributed by atoms with Crippen LogP contribution in [-0.4, -0.2) is 34.6 Å². The standard InChI is InChI=1S/C16H22N2O3/c1-10(2)18(9-12-5-6-12)16(21)17-14-8-13(15(19)20)7-4-11(14)3/h4,7-8,10,12H,5-6,9H2,1-3H3,(H,17,21)(H,19,20). The first-order chi connectivity index (χ1) is 9.88. The Morgan fingerprint density at radius 1 is 1.38 bits per heavy atom. The zero-order chi connectivity index (χ0) is 15.6. The van der Waals surface area contributed by atoms with Crippen molar-refractivity contribution in [2.24, 2.45) is 5.92 Å². The first-order valence-electron chi connectivity index (χ1n) is 7.30. The predicted molar refractivity (Wildman–Crippen MR) is 81.7 cm³/mol. The highest BCUT2D eigenvalue weighted by atomic mass is 16.4. The molecule has 0 spiro atoms. The van der Waals surface area contributed by atoms with Crippen LogP contribution in [0.1, 0.15) is 42.6 Å². The summed E-state index contributed by atoms with van der Waals surface area (Å²) in [4.78, 5) is 25.3. The molecule has 5 heteroatoms. The number of carbonyl (C=O) groups excluding carboxylic acids is 1. The lowest BCUT2D eigenvalue weighted by molar-refractivity contribution is 0.0697. The van der Waals surface area contributed by atoms with Gasteiger partial charge < -0.3 is 15.3 Å². The molecule has 0 bridgehead atoms. The largest absolute Gasteiger partial charge is 0.478 e. The lowest BCUT2D eigenvalue weighted by Gasteiger charge is -2.27. The van der Waals surface area contributed by atoms with Crippen molar-refractivity contribution in [1.29, 1.82) is 0 Å². The van der Waals surface area contributed by atoms with E-state index in [-0.39, 0.29) is 17.6 Å². The van der Waals surface area contributed by atoms with E-state index in [2.05, 4.69) is 5.32 Å². The van der Waals surface area contributed by atoms with Crippen LogP contribution in [0.5, 0.6) is 0 Å². The summed E-state index contributed by atoms with van der Waals surface area (Å²) in [5.41, 5.74) is 1.58. The summed E-state index contributed by atoms with van der Waals surface area (Å²) in [5.74, 6) is -0.381. The lowest BCUT2D eigenvalue weighted by atomic mass is 10.1. The lowest BCUT2D eigenvalue weighted by Crippen LogP contribution is -2.41. The third-order valence-corrected chi connectivity index (χ3v) is 3.76. The Labute approximate surface area is 125 Å². The molecule has 1 aromatic carbocycles. The number of anilines is 1. The molecule has 2 amide bonds. The number of carboxylic acids is 1. The minimum Gasteiger partial charge on any atom is -0.478 e. The van der Waals surface area contributed by atoms with Crippen molar-refractivity contribution in [2.45, 2.75) is 39.7 Å². The maximum absolute atomic E-state index is 12.4. The molecule has 0 saturated heterocycles. The monoisotopic (exact) mass is 290 g/mol. The zero-order valence-electron chi connectivity index (χ0n) is 12.7. The van der Waals surface area contributed by atoms with Gasteiger partial charge in [-0.1, -0.05) is 6.07 Å². The summed E-state index contributed by atoms with van der Waals surface area (Å²) in [6, 6.07) is 4.71. The van der Waals surface area contributed by atoms with Crippen molar-refractivity contribution in [2.75, 3.05) is 11.9 Å². The molecule has 0 radical (unpaired) electrons. The van der Waals surface area contributed by atoms with E-state index in [4.69, 9.17) is 5.11 Å². The van der Waals surface area contributed by atoms with Crippen LogP contribution in [0.15, 0.2) is 18.2 Å². The molecule has 0 aliphatic heterocycles. The molecule has 0 heterocycles. The third kappa shape index (κ3) is 3.97. The van der Waals surface area contributed by atoms with E-state index in [0.717, 1.165) is 12.1 Å². The second-order valence-corrected chi connectivity index (χ2v) is 5.95. The average Bonchev–Trinajstić information content (AvgIpc) is 3.21. The van der Waals surface area contributed by atoms with E-state index < -0.39 is 5.97 Å². The number of hydrogen-bond donors (Lipinski definition) is 2. The summed E-state index contributed by atoms with van der Waals surface area (Å²) in [6.07, 6.45) is 2.37. The number of amides is 2. The van der Waals surface area contributed by atoms with Crippen LogP contribution in [0.25, 0.3) is 0 Å². The van der Waals surface area contributed by atoms with E-state index in [1.165, 1.54) is 25.0 Å². The predicted octanol–water partition coefficient (Wildman–Crippen LogP) is 3.35. The fourth-order valence-corrected chi connectivity index (χ4v) is 2.18. The molecular weight excluding hydrogens is 268 g/mol. The van der Waals surface area contributed by atoms with Crippen molar-refractivity contribution < 1.29 is 14.7 Å². The SMILES string of the molecule is Cc1ccc(C(=O)O)cc1NC(=O)N(CC1CC1)C(C)C. The number of nitrogens with zero attached hydrogens (tertiary/aromatic N) is 1. The van der Waals surface area contributed by atoms with E-state index >= 15 is 0 Å². The van der Waals surface area contributed by atoms with Gasteiger partial charge in [-0.3, -0.25) is 0 Å². The Kier molecular flexibility index (Phi) is 4.50. The highest BCUT2D eigenvalue weighted by Crippen LogP contribution is 2.30. The highest BCUT2D eigenvalue weighted by Gasteiger charge is 2.28. The highest BCUT2D eigenvalue weighted by molar-refractivity contribution is 5.94. The summed E-state index contributed by atoms with van der Waals surface area (Å²) in [6.45, 7) is 6.59. The zero-order valence-corrected chi connectivity index (χ0v) is 12.7. The number of carboxylic acid groups (broad SMARTS) is 1. The first kappa shape index (κ1) is 15.4. The van der Waals surface area contributed by atoms with Crippen molar-refractivity contribution in [3.05, 3.63) is 29.3 Å². The third-order valence-electron chi connectivity index (χ3n) is 3.76. The van der Waals surface area contributed by atoms with Crippen LogP contribution in [0.4, 0.5) is 10.5 Å². The summed E-state index contributed by atoms with van der Waals surface area (Å²) in [5, 5.41) is 11.9. The molecule has 2 rings (SSSR count). The molecule has 2 N–H and O–H groups in total. The van der Waals surface area contributed by atoms with Gasteiger partial charge in [-0.05, 0) is 57.2 Å². The van der Waals surface area contributed by atoms with Crippen LogP contribution >= 0.6 is 0 Å². The molecule has 21 heavy (non-hydrogen) atoms. The van der Waals surface area contributed by atoms with Gasteiger partial charge in [-0.2, -0.15) is 0 Å². The normalized spacial score (nSPS) is 14.1. The van der Waals surface area contributed by atoms with Crippen molar-refractivity contribution >= 4 is 17.7 Å². The smallest absolute Gasteiger partial charge is 0.335 e. The van der Waals surface area contributed by atoms with Crippen LogP contribution in [0.2, 0.25) is 0 Å². The topological polar surface area (TPSA) is 69.6 Å². The van der Waals surface area contributed by atoms with Gasteiger partial charge in [0.15, 0.2) is 0 Å². The molecule has 114 valence electrons. The average molecular weight is 290 g/mol. The molecule has 0 aromatic heterocycles. The van der Waals surface area contributed by atoms with Crippen LogP contribution in [0.3, 0.4) is 0 Å². The summed E-state index contributed by atoms with van der Waals surface area (Å²) in [7, 11) is 0. The molecule has 1 aliphatic rings. The molecular formula is C16H22N2O3. The van der Waals surface area contributed by atoms with E-state index in [9.17, 15) is 9.59 Å². The number of aryl methyl sites for hydroxylation is 1. The van der Waals surface area contributed by atoms with Gasteiger partial charge in [0, 0.05) is 18.3 Å². The minimum atomic E-state index is -0.996. The van der Waals surface area contributed by atoms with Gasteiger partial charge in [0.25, 0.3) is 0 Å². The molecule has 5 nitrogen and oxygen atoms in total. The fourth-order valence-electron chi connectivity index (χ4n) is 2.18. The van der Waals surface area contributed by atoms with E-state index in [1.54, 1.807) is 6.07 Å². The Bertz CT molecular complexity index is 550. The van der Waals surface area contributed by atoms with Gasteiger partial charge in [0.1, 0.15) is 0 Å². The van der Waals surface area contributed by atoms with Crippen LogP contribution in [-0.2, 0) is 0 Å². The second kappa shape index (κ2) is 6.16. The number of aromatic carboxylic acids is 1. The fraction of sp³-hybridized carbons (Fsp3) is 0.500. The van der Waals surface area contributed by atoms with Gasteiger partial charge in [-0.25, -0.2) is 9.59 Å². The van der Waals surface area contributed by atoms with Crippen LogP contribution < -0.4 is 5.32 Å². The quantitative estimate of drug-likeness (QED) is 0.873. The van der Waals surface area contributed by atoms with Crippen LogP contribution in [0, 0.1) is 12.8 Å². The molecule has 1 saturated carbocycles. The van der Waals surface area contributed by atoms with Gasteiger partial charge in [0.2, 0.25) is 0 Å². The molecule has 0 atom stereocenters. The van der Waals surface area contributed by atoms with Gasteiger partial charge in [0.05, 0.1) is 5.56 Å². The van der Waals surface area contributed by atoms with Gasteiger partial charge in [-0.15, -0.1) is 0 Å². The number of nitrogens with one attached hydrogen (secondary N) is 1. The maximum atomic E-state index is 12.4. The maximum Gasteiger partial charge on any atom is 0.335 e. The number of urea groups is 1. The number of hydrogen-bond acceptors (Lipinski definition) is 2. The first-order valence-corrected chi connectivity index (χ1v) is 7.30. The molecule has 0 unspecified atom stereocenters. The molecule has 1 aliphatic carbocycles. The number of benzene rings is 1. The Hall–Kier alpha value is -2.04. The summed E-state index contributed by atoms with van der Waals surface area (Å²) >= 11 is 0. The molecule has 1 fully saturated rings. The Morgan fingerprint density at radius 2 is 2.05 bits per heavy atom. The molecule has 1 aromatic rings. The van der Waals surface area contributed by atoms with Crippen molar-refractivity contribution in [3.63, 3.8) is 0 Å². The van der Waals surface area contributed by atoms with Gasteiger partial charge >= 0.3 is 12.0 Å². The van der Waals surface area contributed by atoms with E-state index in [0.29, 0.717) is 11.6 Å².